The van der Waals surface area contributed by atoms with Crippen LogP contribution in [0.3, 0.4) is 0 Å². The van der Waals surface area contributed by atoms with Gasteiger partial charge in [0.15, 0.2) is 11.5 Å². The fourth-order valence-corrected chi connectivity index (χ4v) is 2.04. The Bertz CT molecular complexity index is 682. The van der Waals surface area contributed by atoms with Crippen LogP contribution in [0.1, 0.15) is 11.3 Å². The second-order valence-corrected chi connectivity index (χ2v) is 4.53. The molecule has 0 spiro atoms. The summed E-state index contributed by atoms with van der Waals surface area (Å²) in [5, 5.41) is 4.49. The van der Waals surface area contributed by atoms with E-state index in [0.717, 1.165) is 5.76 Å². The third kappa shape index (κ3) is 2.38. The van der Waals surface area contributed by atoms with Crippen molar-refractivity contribution in [2.75, 3.05) is 5.73 Å². The summed E-state index contributed by atoms with van der Waals surface area (Å²) in [6, 6.07) is 13.9. The number of nitrogens with two attached hydrogens (primary N) is 1. The summed E-state index contributed by atoms with van der Waals surface area (Å²) < 4.78 is 7.39. The van der Waals surface area contributed by atoms with Crippen molar-refractivity contribution < 1.29 is 4.42 Å². The van der Waals surface area contributed by atoms with E-state index < -0.39 is 0 Å². The van der Waals surface area contributed by atoms with Crippen molar-refractivity contribution in [2.24, 2.45) is 0 Å². The minimum absolute atomic E-state index is 0.630. The number of nitrogens with zero attached hydrogens (tertiary/aromatic N) is 2. The maximum Gasteiger partial charge on any atom is 0.156 e. The van der Waals surface area contributed by atoms with Crippen LogP contribution in [-0.4, -0.2) is 9.78 Å². The zero-order valence-corrected chi connectivity index (χ0v) is 10.7. The molecule has 0 fully saturated rings. The van der Waals surface area contributed by atoms with E-state index in [2.05, 4.69) is 17.2 Å². The average molecular weight is 253 g/mol. The Labute approximate surface area is 111 Å². The molecule has 0 atom stereocenters. The highest BCUT2D eigenvalue weighted by molar-refractivity contribution is 5.67. The molecule has 1 aromatic carbocycles. The monoisotopic (exact) mass is 253 g/mol. The van der Waals surface area contributed by atoms with Crippen molar-refractivity contribution in [1.82, 2.24) is 9.78 Å². The highest BCUT2D eigenvalue weighted by atomic mass is 16.3. The second kappa shape index (κ2) is 4.65. The van der Waals surface area contributed by atoms with Crippen LogP contribution in [-0.2, 0) is 6.54 Å². The van der Waals surface area contributed by atoms with Gasteiger partial charge < -0.3 is 10.2 Å². The first-order chi connectivity index (χ1) is 9.22. The van der Waals surface area contributed by atoms with Crippen molar-refractivity contribution in [3.8, 4) is 11.5 Å². The molecule has 2 aromatic heterocycles. The Kier molecular flexibility index (Phi) is 2.83. The largest absolute Gasteiger partial charge is 0.460 e. The fourth-order valence-electron chi connectivity index (χ4n) is 2.04. The van der Waals surface area contributed by atoms with E-state index >= 15 is 0 Å². The quantitative estimate of drug-likeness (QED) is 0.780. The number of furan rings is 1. The molecule has 96 valence electrons. The molecule has 4 nitrogen and oxygen atoms in total. The van der Waals surface area contributed by atoms with Gasteiger partial charge in [-0.1, -0.05) is 30.3 Å². The van der Waals surface area contributed by atoms with Gasteiger partial charge in [0.1, 0.15) is 5.76 Å². The van der Waals surface area contributed by atoms with Crippen LogP contribution in [0.25, 0.3) is 11.5 Å². The Hall–Kier alpha value is -2.49. The summed E-state index contributed by atoms with van der Waals surface area (Å²) in [4.78, 5) is 0. The second-order valence-electron chi connectivity index (χ2n) is 4.53. The number of nitrogen functional groups attached to an aromatic ring is 1. The molecule has 4 heteroatoms. The first-order valence-corrected chi connectivity index (χ1v) is 6.16. The standard InChI is InChI=1S/C15H15N3O/c1-11-7-8-14(19-11)15-13(16)10-18(17-15)9-12-5-3-2-4-6-12/h2-8,10H,9,16H2,1H3. The normalized spacial score (nSPS) is 10.8. The summed E-state index contributed by atoms with van der Waals surface area (Å²) >= 11 is 0. The molecule has 0 unspecified atom stereocenters. The number of hydrogen-bond donors (Lipinski definition) is 1. The van der Waals surface area contributed by atoms with Gasteiger partial charge in [0, 0.05) is 6.20 Å². The Morgan fingerprint density at radius 2 is 1.95 bits per heavy atom. The molecular formula is C15H15N3O. The van der Waals surface area contributed by atoms with Crippen molar-refractivity contribution in [2.45, 2.75) is 13.5 Å². The first kappa shape index (κ1) is 11.6. The van der Waals surface area contributed by atoms with Gasteiger partial charge >= 0.3 is 0 Å². The summed E-state index contributed by atoms with van der Waals surface area (Å²) in [7, 11) is 0. The molecule has 0 amide bonds. The van der Waals surface area contributed by atoms with E-state index in [0.29, 0.717) is 23.7 Å². The Morgan fingerprint density at radius 3 is 2.63 bits per heavy atom. The van der Waals surface area contributed by atoms with Crippen molar-refractivity contribution in [3.63, 3.8) is 0 Å². The third-order valence-corrected chi connectivity index (χ3v) is 2.95. The van der Waals surface area contributed by atoms with Gasteiger partial charge in [-0.05, 0) is 24.6 Å². The topological polar surface area (TPSA) is 57.0 Å². The van der Waals surface area contributed by atoms with E-state index in [1.54, 1.807) is 0 Å². The van der Waals surface area contributed by atoms with Gasteiger partial charge in [0.05, 0.1) is 12.2 Å². The zero-order chi connectivity index (χ0) is 13.2. The lowest BCUT2D eigenvalue weighted by molar-refractivity contribution is 0.544. The number of benzene rings is 1. The lowest BCUT2D eigenvalue weighted by Crippen LogP contribution is -1.99. The summed E-state index contributed by atoms with van der Waals surface area (Å²) in [6.45, 7) is 2.60. The third-order valence-electron chi connectivity index (χ3n) is 2.95. The number of aryl methyl sites for hydroxylation is 1. The van der Waals surface area contributed by atoms with Crippen LogP contribution < -0.4 is 5.73 Å². The minimum atomic E-state index is 0.630. The molecule has 0 aliphatic carbocycles. The van der Waals surface area contributed by atoms with E-state index in [1.165, 1.54) is 5.56 Å². The maximum atomic E-state index is 5.99. The zero-order valence-electron chi connectivity index (χ0n) is 10.7. The van der Waals surface area contributed by atoms with Gasteiger partial charge in [-0.25, -0.2) is 0 Å². The van der Waals surface area contributed by atoms with E-state index in [9.17, 15) is 0 Å². The summed E-state index contributed by atoms with van der Waals surface area (Å²) in [5.41, 5.74) is 8.51. The highest BCUT2D eigenvalue weighted by Gasteiger charge is 2.12. The molecule has 2 heterocycles. The highest BCUT2D eigenvalue weighted by Crippen LogP contribution is 2.26. The van der Waals surface area contributed by atoms with Gasteiger partial charge in [0.2, 0.25) is 0 Å². The molecular weight excluding hydrogens is 238 g/mol. The SMILES string of the molecule is Cc1ccc(-c2nn(Cc3ccccc3)cc2N)o1. The maximum absolute atomic E-state index is 5.99. The van der Waals surface area contributed by atoms with E-state index in [1.807, 2.05) is 48.1 Å². The molecule has 3 aromatic rings. The molecule has 0 aliphatic heterocycles. The van der Waals surface area contributed by atoms with Gasteiger partial charge in [-0.15, -0.1) is 0 Å². The Balaban J connectivity index is 1.89. The van der Waals surface area contributed by atoms with Crippen molar-refractivity contribution in [3.05, 3.63) is 60.0 Å². The molecule has 0 radical (unpaired) electrons. The summed E-state index contributed by atoms with van der Waals surface area (Å²) in [5.74, 6) is 1.56. The van der Waals surface area contributed by atoms with Crippen LogP contribution in [0.15, 0.2) is 53.1 Å². The predicted molar refractivity (Wildman–Crippen MR) is 74.6 cm³/mol. The molecule has 2 N–H and O–H groups in total. The van der Waals surface area contributed by atoms with Crippen LogP contribution in [0, 0.1) is 6.92 Å². The summed E-state index contributed by atoms with van der Waals surface area (Å²) in [6.07, 6.45) is 1.83. The molecule has 19 heavy (non-hydrogen) atoms. The van der Waals surface area contributed by atoms with Gasteiger partial charge in [-0.3, -0.25) is 4.68 Å². The van der Waals surface area contributed by atoms with E-state index in [-0.39, 0.29) is 0 Å². The molecule has 0 aliphatic rings. The number of rotatable bonds is 3. The van der Waals surface area contributed by atoms with Crippen molar-refractivity contribution in [1.29, 1.82) is 0 Å². The first-order valence-electron chi connectivity index (χ1n) is 6.16. The van der Waals surface area contributed by atoms with E-state index in [4.69, 9.17) is 10.2 Å². The average Bonchev–Trinajstić information content (AvgIpc) is 2.97. The Morgan fingerprint density at radius 1 is 1.16 bits per heavy atom. The molecule has 3 rings (SSSR count). The van der Waals surface area contributed by atoms with Gasteiger partial charge in [-0.2, -0.15) is 5.10 Å². The van der Waals surface area contributed by atoms with Crippen LogP contribution in [0.2, 0.25) is 0 Å². The molecule has 0 saturated heterocycles. The predicted octanol–water partition coefficient (Wildman–Crippen LogP) is 3.08. The number of anilines is 1. The van der Waals surface area contributed by atoms with Crippen LogP contribution in [0.4, 0.5) is 5.69 Å². The van der Waals surface area contributed by atoms with Crippen LogP contribution in [0.5, 0.6) is 0 Å². The minimum Gasteiger partial charge on any atom is -0.460 e. The fraction of sp³-hybridized carbons (Fsp3) is 0.133. The van der Waals surface area contributed by atoms with Crippen molar-refractivity contribution >= 4 is 5.69 Å². The number of aromatic nitrogens is 2. The lowest BCUT2D eigenvalue weighted by atomic mass is 10.2. The molecule has 0 bridgehead atoms. The smallest absolute Gasteiger partial charge is 0.156 e. The lowest BCUT2D eigenvalue weighted by Gasteiger charge is -2.00. The van der Waals surface area contributed by atoms with Gasteiger partial charge in [0.25, 0.3) is 0 Å². The molecule has 0 saturated carbocycles. The van der Waals surface area contributed by atoms with Crippen LogP contribution >= 0.6 is 0 Å². The number of hydrogen-bond acceptors (Lipinski definition) is 3.